The zero-order valence-electron chi connectivity index (χ0n) is 18.0. The number of sulfonamides is 1. The first-order chi connectivity index (χ1) is 14.8. The lowest BCUT2D eigenvalue weighted by atomic mass is 10.1. The van der Waals surface area contributed by atoms with E-state index < -0.39 is 16.1 Å². The van der Waals surface area contributed by atoms with Crippen LogP contribution in [0.1, 0.15) is 35.4 Å². The van der Waals surface area contributed by atoms with Gasteiger partial charge < -0.3 is 5.32 Å². The van der Waals surface area contributed by atoms with E-state index in [0.717, 1.165) is 17.0 Å². The second kappa shape index (κ2) is 8.39. The summed E-state index contributed by atoms with van der Waals surface area (Å²) in [7, 11) is -3.76. The number of nitrogens with one attached hydrogen (secondary N) is 1. The van der Waals surface area contributed by atoms with Crippen molar-refractivity contribution in [3.8, 4) is 0 Å². The number of carbonyl (C=O) groups excluding carboxylic acids is 1. The van der Waals surface area contributed by atoms with Gasteiger partial charge >= 0.3 is 0 Å². The monoisotopic (exact) mass is 441 g/mol. The molecule has 1 saturated heterocycles. The van der Waals surface area contributed by atoms with Crippen molar-refractivity contribution in [3.05, 3.63) is 59.0 Å². The van der Waals surface area contributed by atoms with E-state index in [0.29, 0.717) is 48.4 Å². The predicted octanol–water partition coefficient (Wildman–Crippen LogP) is 2.17. The van der Waals surface area contributed by atoms with E-state index in [1.807, 2.05) is 47.9 Å². The van der Waals surface area contributed by atoms with Gasteiger partial charge in [0, 0.05) is 25.7 Å². The predicted molar refractivity (Wildman–Crippen MR) is 117 cm³/mol. The van der Waals surface area contributed by atoms with Crippen LogP contribution in [0, 0.1) is 20.8 Å². The summed E-state index contributed by atoms with van der Waals surface area (Å²) >= 11 is 0. The summed E-state index contributed by atoms with van der Waals surface area (Å²) in [5.74, 6) is 0.481. The zero-order valence-corrected chi connectivity index (χ0v) is 18.8. The van der Waals surface area contributed by atoms with E-state index in [4.69, 9.17) is 0 Å². The van der Waals surface area contributed by atoms with Crippen LogP contribution in [-0.2, 0) is 21.2 Å². The Labute approximate surface area is 182 Å². The summed E-state index contributed by atoms with van der Waals surface area (Å²) in [6, 6.07) is 8.70. The molecule has 0 saturated carbocycles. The summed E-state index contributed by atoms with van der Waals surface area (Å²) in [6.45, 7) is 6.27. The van der Waals surface area contributed by atoms with Gasteiger partial charge in [-0.15, -0.1) is 10.2 Å². The van der Waals surface area contributed by atoms with Crippen molar-refractivity contribution in [3.63, 3.8) is 0 Å². The van der Waals surface area contributed by atoms with Crippen molar-refractivity contribution < 1.29 is 13.2 Å². The molecule has 1 N–H and O–H groups in total. The molecular weight excluding hydrogens is 414 g/mol. The highest BCUT2D eigenvalue weighted by atomic mass is 32.2. The molecule has 1 unspecified atom stereocenters. The molecule has 164 valence electrons. The third-order valence-corrected chi connectivity index (χ3v) is 7.92. The zero-order chi connectivity index (χ0) is 22.2. The number of carbonyl (C=O) groups is 1. The molecule has 3 aromatic rings. The van der Waals surface area contributed by atoms with Gasteiger partial charge in [-0.05, 0) is 56.9 Å². The molecule has 1 atom stereocenters. The average molecular weight is 442 g/mol. The maximum Gasteiger partial charge on any atom is 0.244 e. The summed E-state index contributed by atoms with van der Waals surface area (Å²) in [6.07, 6.45) is 3.57. The van der Waals surface area contributed by atoms with Crippen LogP contribution in [0.5, 0.6) is 0 Å². The Morgan fingerprint density at radius 3 is 2.65 bits per heavy atom. The van der Waals surface area contributed by atoms with Crippen molar-refractivity contribution >= 4 is 21.6 Å². The van der Waals surface area contributed by atoms with Gasteiger partial charge in [-0.3, -0.25) is 9.20 Å². The fourth-order valence-corrected chi connectivity index (χ4v) is 6.53. The normalized spacial score (nSPS) is 17.3. The summed E-state index contributed by atoms with van der Waals surface area (Å²) in [5, 5.41) is 11.2. The first-order valence-corrected chi connectivity index (χ1v) is 11.9. The van der Waals surface area contributed by atoms with Gasteiger partial charge in [-0.2, -0.15) is 4.31 Å². The Hall–Kier alpha value is -2.78. The fourth-order valence-electron chi connectivity index (χ4n) is 4.46. The van der Waals surface area contributed by atoms with E-state index >= 15 is 0 Å². The molecule has 1 aliphatic rings. The van der Waals surface area contributed by atoms with Crippen LogP contribution in [0.25, 0.3) is 5.65 Å². The van der Waals surface area contributed by atoms with Crippen molar-refractivity contribution in [2.45, 2.75) is 51.0 Å². The highest BCUT2D eigenvalue weighted by Crippen LogP contribution is 2.30. The third kappa shape index (κ3) is 4.07. The van der Waals surface area contributed by atoms with Gasteiger partial charge in [0.05, 0.1) is 4.90 Å². The molecule has 1 amide bonds. The second-order valence-corrected chi connectivity index (χ2v) is 9.92. The highest BCUT2D eigenvalue weighted by Gasteiger charge is 2.40. The van der Waals surface area contributed by atoms with Crippen molar-refractivity contribution in [1.29, 1.82) is 0 Å². The van der Waals surface area contributed by atoms with Gasteiger partial charge in [0.1, 0.15) is 11.9 Å². The van der Waals surface area contributed by atoms with Crippen LogP contribution >= 0.6 is 0 Å². The maximum absolute atomic E-state index is 13.4. The van der Waals surface area contributed by atoms with Gasteiger partial charge in [-0.1, -0.05) is 23.8 Å². The number of hydrogen-bond acceptors (Lipinski definition) is 5. The highest BCUT2D eigenvalue weighted by molar-refractivity contribution is 7.89. The minimum atomic E-state index is -3.76. The van der Waals surface area contributed by atoms with Crippen molar-refractivity contribution in [2.24, 2.45) is 0 Å². The maximum atomic E-state index is 13.4. The number of rotatable bonds is 6. The summed E-state index contributed by atoms with van der Waals surface area (Å²) in [4.78, 5) is 13.2. The lowest BCUT2D eigenvalue weighted by molar-refractivity contribution is -0.124. The smallest absolute Gasteiger partial charge is 0.244 e. The topological polar surface area (TPSA) is 96.7 Å². The first-order valence-electron chi connectivity index (χ1n) is 10.4. The van der Waals surface area contributed by atoms with E-state index in [2.05, 4.69) is 15.5 Å². The molecule has 0 spiro atoms. The molecule has 0 aliphatic carbocycles. The number of benzene rings is 1. The van der Waals surface area contributed by atoms with Gasteiger partial charge in [0.15, 0.2) is 5.65 Å². The quantitative estimate of drug-likeness (QED) is 0.632. The van der Waals surface area contributed by atoms with Crippen LogP contribution < -0.4 is 5.32 Å². The molecule has 3 heterocycles. The number of nitrogens with zero attached hydrogens (tertiary/aromatic N) is 4. The lowest BCUT2D eigenvalue weighted by Crippen LogP contribution is -2.46. The summed E-state index contributed by atoms with van der Waals surface area (Å²) in [5.41, 5.74) is 3.19. The van der Waals surface area contributed by atoms with E-state index in [1.165, 1.54) is 4.31 Å². The Morgan fingerprint density at radius 1 is 1.16 bits per heavy atom. The number of hydrogen-bond donors (Lipinski definition) is 1. The SMILES string of the molecule is Cc1cc(C)c(S(=O)(=O)N2CCCC2C(=O)NCCc2nnc3ccccn23)c(C)c1. The molecule has 1 aromatic carbocycles. The Balaban J connectivity index is 1.47. The van der Waals surface area contributed by atoms with Crippen LogP contribution in [0.2, 0.25) is 0 Å². The molecular formula is C22H27N5O3S. The van der Waals surface area contributed by atoms with E-state index in [1.54, 1.807) is 13.8 Å². The largest absolute Gasteiger partial charge is 0.354 e. The molecule has 0 radical (unpaired) electrons. The van der Waals surface area contributed by atoms with Crippen LogP contribution in [0.15, 0.2) is 41.4 Å². The minimum Gasteiger partial charge on any atom is -0.354 e. The minimum absolute atomic E-state index is 0.266. The van der Waals surface area contributed by atoms with Crippen molar-refractivity contribution in [2.75, 3.05) is 13.1 Å². The Morgan fingerprint density at radius 2 is 1.90 bits per heavy atom. The van der Waals surface area contributed by atoms with Crippen LogP contribution in [0.3, 0.4) is 0 Å². The number of amides is 1. The molecule has 9 heteroatoms. The number of aryl methyl sites for hydroxylation is 3. The fraction of sp³-hybridized carbons (Fsp3) is 0.409. The van der Waals surface area contributed by atoms with Crippen LogP contribution in [0.4, 0.5) is 0 Å². The van der Waals surface area contributed by atoms with E-state index in [-0.39, 0.29) is 5.91 Å². The molecule has 8 nitrogen and oxygen atoms in total. The van der Waals surface area contributed by atoms with Gasteiger partial charge in [-0.25, -0.2) is 8.42 Å². The molecule has 1 aliphatic heterocycles. The van der Waals surface area contributed by atoms with Gasteiger partial charge in [0.25, 0.3) is 0 Å². The number of fused-ring (bicyclic) bond motifs is 1. The second-order valence-electron chi connectivity index (χ2n) is 8.09. The number of aromatic nitrogens is 3. The first kappa shape index (κ1) is 21.5. The molecule has 2 aromatic heterocycles. The van der Waals surface area contributed by atoms with Crippen molar-refractivity contribution in [1.82, 2.24) is 24.2 Å². The molecule has 0 bridgehead atoms. The molecule has 4 rings (SSSR count). The molecule has 1 fully saturated rings. The Kier molecular flexibility index (Phi) is 5.81. The van der Waals surface area contributed by atoms with Crippen LogP contribution in [-0.4, -0.2) is 52.4 Å². The summed E-state index contributed by atoms with van der Waals surface area (Å²) < 4.78 is 30.1. The number of pyridine rings is 1. The van der Waals surface area contributed by atoms with E-state index in [9.17, 15) is 13.2 Å². The average Bonchev–Trinajstić information content (AvgIpc) is 3.35. The standard InChI is InChI=1S/C22H27N5O3S/c1-15-13-16(2)21(17(3)14-15)31(29,30)27-12-6-7-18(27)22(28)23-10-9-20-25-24-19-8-4-5-11-26(19)20/h4-5,8,11,13-14,18H,6-7,9-10,12H2,1-3H3,(H,23,28). The molecule has 31 heavy (non-hydrogen) atoms. The third-order valence-electron chi connectivity index (χ3n) is 5.71. The lowest BCUT2D eigenvalue weighted by Gasteiger charge is -2.25. The Bertz CT molecular complexity index is 1210. The van der Waals surface area contributed by atoms with Gasteiger partial charge in [0.2, 0.25) is 15.9 Å².